The molecule has 0 fully saturated rings. The molecule has 0 aliphatic heterocycles. The van der Waals surface area contributed by atoms with Crippen molar-refractivity contribution in [2.24, 2.45) is 0 Å². The van der Waals surface area contributed by atoms with Crippen molar-refractivity contribution < 1.29 is 22.7 Å². The molecular formula is C30H36ClN3O5S. The Morgan fingerprint density at radius 1 is 0.975 bits per heavy atom. The van der Waals surface area contributed by atoms with E-state index in [1.807, 2.05) is 44.2 Å². The minimum atomic E-state index is -4.23. The van der Waals surface area contributed by atoms with E-state index in [9.17, 15) is 18.0 Å². The van der Waals surface area contributed by atoms with Crippen molar-refractivity contribution in [2.45, 2.75) is 50.6 Å². The van der Waals surface area contributed by atoms with E-state index >= 15 is 0 Å². The van der Waals surface area contributed by atoms with Gasteiger partial charge in [0.2, 0.25) is 11.8 Å². The standard InChI is InChI=1S/C30H36ClN3O5S/c1-4-6-19-32-30(36)26(5-2)33(21-23-13-9-7-10-14-23)29(35)22-34(27-20-24(31)17-18-28(27)39-3)40(37,38)25-15-11-8-12-16-25/h7-18,20,26H,4-6,19,21-22H2,1-3H3,(H,32,36)/t26-/m1/s1. The number of benzene rings is 3. The SMILES string of the molecule is CCCCNC(=O)[C@@H](CC)N(Cc1ccccc1)C(=O)CN(c1cc(Cl)ccc1OC)S(=O)(=O)c1ccccc1. The van der Waals surface area contributed by atoms with Crippen molar-refractivity contribution in [1.82, 2.24) is 10.2 Å². The van der Waals surface area contributed by atoms with Crippen LogP contribution in [0.3, 0.4) is 0 Å². The molecule has 0 saturated heterocycles. The molecule has 0 heterocycles. The third kappa shape index (κ3) is 7.76. The molecule has 0 aromatic heterocycles. The number of carbonyl (C=O) groups is 2. The van der Waals surface area contributed by atoms with Gasteiger partial charge in [-0.3, -0.25) is 13.9 Å². The molecule has 3 aromatic rings. The average molecular weight is 586 g/mol. The van der Waals surface area contributed by atoms with Crippen LogP contribution in [-0.2, 0) is 26.2 Å². The van der Waals surface area contributed by atoms with Crippen molar-refractivity contribution in [3.63, 3.8) is 0 Å². The number of ether oxygens (including phenoxy) is 1. The maximum atomic E-state index is 14.1. The molecule has 214 valence electrons. The number of hydrogen-bond donors (Lipinski definition) is 1. The number of nitrogens with zero attached hydrogens (tertiary/aromatic N) is 2. The molecule has 0 radical (unpaired) electrons. The second-order valence-corrected chi connectivity index (χ2v) is 11.5. The van der Waals surface area contributed by atoms with Crippen LogP contribution in [0.2, 0.25) is 5.02 Å². The van der Waals surface area contributed by atoms with Crippen molar-refractivity contribution in [3.05, 3.63) is 89.4 Å². The van der Waals surface area contributed by atoms with Crippen molar-refractivity contribution in [2.75, 3.05) is 24.5 Å². The Kier molecular flexibility index (Phi) is 11.4. The molecule has 0 saturated carbocycles. The molecule has 40 heavy (non-hydrogen) atoms. The normalized spacial score (nSPS) is 11.9. The molecule has 3 rings (SSSR count). The Morgan fingerprint density at radius 3 is 2.23 bits per heavy atom. The van der Waals surface area contributed by atoms with Gasteiger partial charge >= 0.3 is 0 Å². The maximum Gasteiger partial charge on any atom is 0.264 e. The number of methoxy groups -OCH3 is 1. The zero-order valence-electron chi connectivity index (χ0n) is 23.0. The number of anilines is 1. The van der Waals surface area contributed by atoms with Gasteiger partial charge in [0.05, 0.1) is 17.7 Å². The highest BCUT2D eigenvalue weighted by Gasteiger charge is 2.34. The van der Waals surface area contributed by atoms with E-state index < -0.39 is 28.5 Å². The minimum Gasteiger partial charge on any atom is -0.495 e. The predicted octanol–water partition coefficient (Wildman–Crippen LogP) is 5.27. The van der Waals surface area contributed by atoms with Gasteiger partial charge in [-0.15, -0.1) is 0 Å². The number of hydrogen-bond acceptors (Lipinski definition) is 5. The summed E-state index contributed by atoms with van der Waals surface area (Å²) in [6.07, 6.45) is 2.08. The summed E-state index contributed by atoms with van der Waals surface area (Å²) in [5.41, 5.74) is 0.931. The summed E-state index contributed by atoms with van der Waals surface area (Å²) in [7, 11) is -2.81. The maximum absolute atomic E-state index is 14.1. The van der Waals surface area contributed by atoms with Gasteiger partial charge in [0.25, 0.3) is 10.0 Å². The molecule has 3 aromatic carbocycles. The fourth-order valence-corrected chi connectivity index (χ4v) is 5.90. The Balaban J connectivity index is 2.07. The largest absolute Gasteiger partial charge is 0.495 e. The minimum absolute atomic E-state index is 0.00351. The highest BCUT2D eigenvalue weighted by atomic mass is 35.5. The van der Waals surface area contributed by atoms with Crippen molar-refractivity contribution in [1.29, 1.82) is 0 Å². The molecule has 0 bridgehead atoms. The zero-order valence-corrected chi connectivity index (χ0v) is 24.6. The van der Waals surface area contributed by atoms with Crippen LogP contribution in [0, 0.1) is 0 Å². The monoisotopic (exact) mass is 585 g/mol. The second-order valence-electron chi connectivity index (χ2n) is 9.22. The van der Waals surface area contributed by atoms with E-state index in [1.54, 1.807) is 30.3 Å². The fraction of sp³-hybridized carbons (Fsp3) is 0.333. The van der Waals surface area contributed by atoms with Gasteiger partial charge in [0.1, 0.15) is 18.3 Å². The Bertz CT molecular complexity index is 1370. The first-order valence-electron chi connectivity index (χ1n) is 13.2. The Labute approximate surface area is 241 Å². The summed E-state index contributed by atoms with van der Waals surface area (Å²) in [6.45, 7) is 3.91. The van der Waals surface area contributed by atoms with Crippen LogP contribution >= 0.6 is 11.6 Å². The lowest BCUT2D eigenvalue weighted by Crippen LogP contribution is -2.52. The van der Waals surface area contributed by atoms with Gasteiger partial charge in [-0.2, -0.15) is 0 Å². The molecule has 10 heteroatoms. The molecule has 0 spiro atoms. The lowest BCUT2D eigenvalue weighted by molar-refractivity contribution is -0.140. The van der Waals surface area contributed by atoms with Gasteiger partial charge in [0, 0.05) is 18.1 Å². The topological polar surface area (TPSA) is 96.0 Å². The first-order chi connectivity index (χ1) is 19.2. The third-order valence-electron chi connectivity index (χ3n) is 6.43. The Morgan fingerprint density at radius 2 is 1.62 bits per heavy atom. The summed E-state index contributed by atoms with van der Waals surface area (Å²) in [5.74, 6) is -0.587. The second kappa shape index (κ2) is 14.7. The van der Waals surface area contributed by atoms with Crippen LogP contribution in [0.25, 0.3) is 0 Å². The summed E-state index contributed by atoms with van der Waals surface area (Å²) >= 11 is 6.27. The van der Waals surface area contributed by atoms with Gasteiger partial charge < -0.3 is 15.0 Å². The van der Waals surface area contributed by atoms with Crippen LogP contribution in [0.15, 0.2) is 83.8 Å². The van der Waals surface area contributed by atoms with Crippen LogP contribution in [0.5, 0.6) is 5.75 Å². The third-order valence-corrected chi connectivity index (χ3v) is 8.44. The number of rotatable bonds is 14. The van der Waals surface area contributed by atoms with Crippen LogP contribution in [0.1, 0.15) is 38.7 Å². The summed E-state index contributed by atoms with van der Waals surface area (Å²) in [5, 5.41) is 3.20. The average Bonchev–Trinajstić information content (AvgIpc) is 2.96. The summed E-state index contributed by atoms with van der Waals surface area (Å²) < 4.78 is 34.4. The number of sulfonamides is 1. The van der Waals surface area contributed by atoms with Crippen LogP contribution < -0.4 is 14.4 Å². The lowest BCUT2D eigenvalue weighted by Gasteiger charge is -2.33. The first-order valence-corrected chi connectivity index (χ1v) is 15.1. The zero-order chi connectivity index (χ0) is 29.1. The molecule has 1 N–H and O–H groups in total. The van der Waals surface area contributed by atoms with Gasteiger partial charge in [-0.25, -0.2) is 8.42 Å². The number of amides is 2. The van der Waals surface area contributed by atoms with E-state index in [0.717, 1.165) is 22.7 Å². The van der Waals surface area contributed by atoms with E-state index in [2.05, 4.69) is 5.32 Å². The van der Waals surface area contributed by atoms with E-state index in [0.29, 0.717) is 13.0 Å². The number of carbonyl (C=O) groups excluding carboxylic acids is 2. The lowest BCUT2D eigenvalue weighted by atomic mass is 10.1. The predicted molar refractivity (Wildman–Crippen MR) is 158 cm³/mol. The number of nitrogens with one attached hydrogen (secondary N) is 1. The number of halogens is 1. The van der Waals surface area contributed by atoms with Gasteiger partial charge in [-0.1, -0.05) is 80.4 Å². The number of unbranched alkanes of at least 4 members (excludes halogenated alkanes) is 1. The van der Waals surface area contributed by atoms with Gasteiger partial charge in [-0.05, 0) is 48.7 Å². The van der Waals surface area contributed by atoms with E-state index in [-0.39, 0.29) is 33.8 Å². The summed E-state index contributed by atoms with van der Waals surface area (Å²) in [4.78, 5) is 28.8. The first kappa shape index (κ1) is 31.0. The van der Waals surface area contributed by atoms with Crippen LogP contribution in [-0.4, -0.2) is 51.4 Å². The summed E-state index contributed by atoms with van der Waals surface area (Å²) in [6, 6.07) is 20.9. The van der Waals surface area contributed by atoms with Crippen molar-refractivity contribution in [3.8, 4) is 5.75 Å². The van der Waals surface area contributed by atoms with E-state index in [1.165, 1.54) is 30.2 Å². The molecule has 0 unspecified atom stereocenters. The molecule has 8 nitrogen and oxygen atoms in total. The molecule has 1 atom stereocenters. The molecular weight excluding hydrogens is 550 g/mol. The molecule has 0 aliphatic rings. The fourth-order valence-electron chi connectivity index (χ4n) is 4.30. The Hall–Kier alpha value is -3.56. The van der Waals surface area contributed by atoms with Crippen molar-refractivity contribution >= 4 is 39.1 Å². The highest BCUT2D eigenvalue weighted by molar-refractivity contribution is 7.92. The van der Waals surface area contributed by atoms with E-state index in [4.69, 9.17) is 16.3 Å². The highest BCUT2D eigenvalue weighted by Crippen LogP contribution is 2.35. The van der Waals surface area contributed by atoms with Crippen LogP contribution in [0.4, 0.5) is 5.69 Å². The smallest absolute Gasteiger partial charge is 0.264 e. The quantitative estimate of drug-likeness (QED) is 0.260. The van der Waals surface area contributed by atoms with Gasteiger partial charge in [0.15, 0.2) is 0 Å². The molecule has 0 aliphatic carbocycles. The molecule has 2 amide bonds.